The third kappa shape index (κ3) is 4.22. The molecule has 0 bridgehead atoms. The maximum atomic E-state index is 11.2. The Kier molecular flexibility index (Phi) is 5.83. The van der Waals surface area contributed by atoms with Crippen LogP contribution < -0.4 is 4.74 Å². The van der Waals surface area contributed by atoms with E-state index in [0.717, 1.165) is 39.1 Å². The zero-order valence-electron chi connectivity index (χ0n) is 21.2. The van der Waals surface area contributed by atoms with Crippen LogP contribution in [0.2, 0.25) is 0 Å². The van der Waals surface area contributed by atoms with Crippen molar-refractivity contribution in [2.45, 2.75) is 71.1 Å². The fourth-order valence-electron chi connectivity index (χ4n) is 5.02. The molecule has 34 heavy (non-hydrogen) atoms. The summed E-state index contributed by atoms with van der Waals surface area (Å²) in [5, 5.41) is 31.4. The second-order valence-electron chi connectivity index (χ2n) is 11.6. The Hall–Kier alpha value is -3.14. The lowest BCUT2D eigenvalue weighted by Crippen LogP contribution is -2.27. The molecule has 4 rings (SSSR count). The summed E-state index contributed by atoms with van der Waals surface area (Å²) in [7, 11) is 0. The van der Waals surface area contributed by atoms with E-state index in [-0.39, 0.29) is 34.2 Å². The van der Waals surface area contributed by atoms with E-state index in [1.165, 1.54) is 0 Å². The molecule has 4 heteroatoms. The predicted molar refractivity (Wildman–Crippen MR) is 137 cm³/mol. The third-order valence-electron chi connectivity index (χ3n) is 6.98. The predicted octanol–water partition coefficient (Wildman–Crippen LogP) is 7.01. The number of aromatic hydroxyl groups is 3. The zero-order valence-corrected chi connectivity index (χ0v) is 21.2. The molecular formula is C30H36O4. The van der Waals surface area contributed by atoms with Gasteiger partial charge in [0.1, 0.15) is 23.0 Å². The minimum atomic E-state index is -0.232. The van der Waals surface area contributed by atoms with Crippen molar-refractivity contribution in [2.75, 3.05) is 6.61 Å². The maximum absolute atomic E-state index is 11.2. The van der Waals surface area contributed by atoms with E-state index in [0.29, 0.717) is 12.4 Å². The summed E-state index contributed by atoms with van der Waals surface area (Å²) in [6.45, 7) is 15.0. The van der Waals surface area contributed by atoms with Gasteiger partial charge < -0.3 is 20.1 Å². The first-order valence-electron chi connectivity index (χ1n) is 11.9. The number of phenols is 3. The Morgan fingerprint density at radius 1 is 0.765 bits per heavy atom. The fourth-order valence-corrected chi connectivity index (χ4v) is 5.02. The van der Waals surface area contributed by atoms with E-state index in [2.05, 4.69) is 53.7 Å². The molecule has 2 atom stereocenters. The molecule has 1 aliphatic heterocycles. The standard InChI is InChI=1S/C30H36O4/c1-17-25(32)13-12-21-26(18-8-10-20(31)11-9-18)22(16-34-28(17)21)19-14-23(29(2,3)4)27(33)24(15-19)30(5,6)7/h8-15,22,26,31-33H,16H2,1-7H3. The van der Waals surface area contributed by atoms with Crippen LogP contribution in [-0.2, 0) is 10.8 Å². The van der Waals surface area contributed by atoms with Gasteiger partial charge in [-0.25, -0.2) is 0 Å². The average molecular weight is 461 g/mol. The summed E-state index contributed by atoms with van der Waals surface area (Å²) in [6, 6.07) is 15.3. The summed E-state index contributed by atoms with van der Waals surface area (Å²) >= 11 is 0. The highest BCUT2D eigenvalue weighted by atomic mass is 16.5. The van der Waals surface area contributed by atoms with Crippen LogP contribution in [0.1, 0.15) is 86.8 Å². The Morgan fingerprint density at radius 2 is 1.32 bits per heavy atom. The van der Waals surface area contributed by atoms with Crippen molar-refractivity contribution in [3.8, 4) is 23.0 Å². The van der Waals surface area contributed by atoms with Crippen molar-refractivity contribution < 1.29 is 20.1 Å². The topological polar surface area (TPSA) is 69.9 Å². The second-order valence-corrected chi connectivity index (χ2v) is 11.6. The number of phenolic OH excluding ortho intramolecular Hbond substituents is 3. The van der Waals surface area contributed by atoms with Gasteiger partial charge in [-0.2, -0.15) is 0 Å². The minimum absolute atomic E-state index is 0.0104. The van der Waals surface area contributed by atoms with Gasteiger partial charge in [0.05, 0.1) is 6.61 Å². The quantitative estimate of drug-likeness (QED) is 0.384. The first-order chi connectivity index (χ1) is 15.8. The summed E-state index contributed by atoms with van der Waals surface area (Å²) in [5.74, 6) is 1.49. The van der Waals surface area contributed by atoms with Crippen LogP contribution in [0.25, 0.3) is 0 Å². The van der Waals surface area contributed by atoms with Crippen LogP contribution in [0.15, 0.2) is 48.5 Å². The van der Waals surface area contributed by atoms with Crippen molar-refractivity contribution in [2.24, 2.45) is 0 Å². The first-order valence-corrected chi connectivity index (χ1v) is 11.9. The number of ether oxygens (including phenoxy) is 1. The molecule has 0 spiro atoms. The molecule has 0 saturated heterocycles. The van der Waals surface area contributed by atoms with Gasteiger partial charge in [-0.15, -0.1) is 0 Å². The van der Waals surface area contributed by atoms with Crippen LogP contribution in [0, 0.1) is 6.92 Å². The number of hydrogen-bond acceptors (Lipinski definition) is 4. The van der Waals surface area contributed by atoms with Crippen molar-refractivity contribution in [1.82, 2.24) is 0 Å². The van der Waals surface area contributed by atoms with Gasteiger partial charge in [0, 0.05) is 23.0 Å². The molecule has 3 aromatic carbocycles. The van der Waals surface area contributed by atoms with Gasteiger partial charge in [-0.1, -0.05) is 71.9 Å². The van der Waals surface area contributed by atoms with Crippen LogP contribution in [0.5, 0.6) is 23.0 Å². The molecule has 2 unspecified atom stereocenters. The normalized spacial score (nSPS) is 18.3. The minimum Gasteiger partial charge on any atom is -0.508 e. The molecule has 0 saturated carbocycles. The van der Waals surface area contributed by atoms with Gasteiger partial charge in [-0.3, -0.25) is 0 Å². The molecular weight excluding hydrogens is 424 g/mol. The Morgan fingerprint density at radius 3 is 1.85 bits per heavy atom. The number of benzene rings is 3. The summed E-state index contributed by atoms with van der Waals surface area (Å²) in [6.07, 6.45) is 0. The maximum Gasteiger partial charge on any atom is 0.129 e. The van der Waals surface area contributed by atoms with E-state index in [1.54, 1.807) is 18.2 Å². The molecule has 0 radical (unpaired) electrons. The van der Waals surface area contributed by atoms with Gasteiger partial charge >= 0.3 is 0 Å². The van der Waals surface area contributed by atoms with Crippen molar-refractivity contribution in [3.05, 3.63) is 81.9 Å². The van der Waals surface area contributed by atoms with E-state index < -0.39 is 0 Å². The average Bonchev–Trinajstić information content (AvgIpc) is 2.75. The Labute approximate surface area is 202 Å². The molecule has 1 aliphatic rings. The lowest BCUT2D eigenvalue weighted by Gasteiger charge is -2.37. The molecule has 3 N–H and O–H groups in total. The summed E-state index contributed by atoms with van der Waals surface area (Å²) < 4.78 is 6.29. The van der Waals surface area contributed by atoms with Crippen LogP contribution in [0.4, 0.5) is 0 Å². The van der Waals surface area contributed by atoms with Gasteiger partial charge in [-0.05, 0) is 58.2 Å². The van der Waals surface area contributed by atoms with E-state index in [1.807, 2.05) is 25.1 Å². The van der Waals surface area contributed by atoms with Crippen LogP contribution >= 0.6 is 0 Å². The monoisotopic (exact) mass is 460 g/mol. The molecule has 3 aromatic rings. The summed E-state index contributed by atoms with van der Waals surface area (Å²) in [5.41, 5.74) is 5.31. The summed E-state index contributed by atoms with van der Waals surface area (Å²) in [4.78, 5) is 0. The molecule has 0 aromatic heterocycles. The molecule has 0 fully saturated rings. The van der Waals surface area contributed by atoms with Gasteiger partial charge in [0.15, 0.2) is 0 Å². The smallest absolute Gasteiger partial charge is 0.129 e. The van der Waals surface area contributed by atoms with Gasteiger partial charge in [0.2, 0.25) is 0 Å². The van der Waals surface area contributed by atoms with E-state index in [9.17, 15) is 15.3 Å². The third-order valence-corrected chi connectivity index (χ3v) is 6.98. The number of fused-ring (bicyclic) bond motifs is 1. The first kappa shape index (κ1) is 24.0. The number of rotatable bonds is 2. The number of hydrogen-bond donors (Lipinski definition) is 3. The Bertz CT molecular complexity index is 1180. The molecule has 0 aliphatic carbocycles. The van der Waals surface area contributed by atoms with Crippen molar-refractivity contribution in [3.63, 3.8) is 0 Å². The lowest BCUT2D eigenvalue weighted by atomic mass is 9.72. The molecule has 0 amide bonds. The van der Waals surface area contributed by atoms with Crippen LogP contribution in [-0.4, -0.2) is 21.9 Å². The van der Waals surface area contributed by atoms with Crippen LogP contribution in [0.3, 0.4) is 0 Å². The fraction of sp³-hybridized carbons (Fsp3) is 0.400. The Balaban J connectivity index is 1.97. The highest BCUT2D eigenvalue weighted by molar-refractivity contribution is 5.57. The molecule has 180 valence electrons. The molecule has 1 heterocycles. The highest BCUT2D eigenvalue weighted by Crippen LogP contribution is 2.50. The van der Waals surface area contributed by atoms with E-state index in [4.69, 9.17) is 4.74 Å². The molecule has 4 nitrogen and oxygen atoms in total. The second kappa shape index (κ2) is 8.26. The van der Waals surface area contributed by atoms with Gasteiger partial charge in [0.25, 0.3) is 0 Å². The van der Waals surface area contributed by atoms with Crippen molar-refractivity contribution >= 4 is 0 Å². The van der Waals surface area contributed by atoms with Crippen molar-refractivity contribution in [1.29, 1.82) is 0 Å². The SMILES string of the molecule is Cc1c(O)ccc2c1OCC(c1cc(C(C)(C)C)c(O)c(C(C)(C)C)c1)C2c1ccc(O)cc1. The highest BCUT2D eigenvalue weighted by Gasteiger charge is 2.37. The lowest BCUT2D eigenvalue weighted by molar-refractivity contribution is 0.245. The zero-order chi connectivity index (χ0) is 25.0. The largest absolute Gasteiger partial charge is 0.508 e. The van der Waals surface area contributed by atoms with E-state index >= 15 is 0 Å².